The van der Waals surface area contributed by atoms with E-state index >= 15 is 0 Å². The second-order valence-corrected chi connectivity index (χ2v) is 9.58. The number of nitrogens with one attached hydrogen (secondary N) is 1. The maximum Gasteiger partial charge on any atom is 0.253 e. The molecule has 5 nitrogen and oxygen atoms in total. The van der Waals surface area contributed by atoms with Gasteiger partial charge in [0.05, 0.1) is 16.6 Å². The molecule has 1 aromatic heterocycles. The molecule has 3 rings (SSSR count). The van der Waals surface area contributed by atoms with Crippen molar-refractivity contribution in [2.75, 3.05) is 0 Å². The Labute approximate surface area is 203 Å². The fourth-order valence-corrected chi connectivity index (χ4v) is 4.53. The summed E-state index contributed by atoms with van der Waals surface area (Å²) >= 11 is 13.8. The van der Waals surface area contributed by atoms with E-state index in [0.29, 0.717) is 40.3 Å². The molecule has 0 unspecified atom stereocenters. The highest BCUT2D eigenvalue weighted by atomic mass is 35.5. The van der Waals surface area contributed by atoms with Gasteiger partial charge in [-0.1, -0.05) is 79.2 Å². The van der Waals surface area contributed by atoms with Crippen LogP contribution in [0.5, 0.6) is 0 Å². The van der Waals surface area contributed by atoms with Gasteiger partial charge in [0.15, 0.2) is 11.0 Å². The molecule has 0 radical (unpaired) electrons. The predicted octanol–water partition coefficient (Wildman–Crippen LogP) is 6.58. The first-order valence-corrected chi connectivity index (χ1v) is 12.1. The van der Waals surface area contributed by atoms with Crippen LogP contribution in [-0.4, -0.2) is 20.7 Å². The number of rotatable bonds is 10. The van der Waals surface area contributed by atoms with Crippen molar-refractivity contribution in [3.05, 3.63) is 88.2 Å². The topological polar surface area (TPSA) is 59.8 Å². The highest BCUT2D eigenvalue weighted by Gasteiger charge is 2.25. The van der Waals surface area contributed by atoms with Crippen LogP contribution in [0, 0.1) is 5.92 Å². The minimum absolute atomic E-state index is 0.232. The Morgan fingerprint density at radius 1 is 1.16 bits per heavy atom. The van der Waals surface area contributed by atoms with Crippen LogP contribution in [-0.2, 0) is 12.3 Å². The van der Waals surface area contributed by atoms with Gasteiger partial charge in [-0.2, -0.15) is 0 Å². The lowest BCUT2D eigenvalue weighted by atomic mass is 10.0. The van der Waals surface area contributed by atoms with Gasteiger partial charge < -0.3 is 9.88 Å². The summed E-state index contributed by atoms with van der Waals surface area (Å²) in [5, 5.41) is 13.9. The largest absolute Gasteiger partial charge is 0.342 e. The molecule has 1 N–H and O–H groups in total. The predicted molar refractivity (Wildman–Crippen MR) is 132 cm³/mol. The van der Waals surface area contributed by atoms with E-state index in [0.717, 1.165) is 16.5 Å². The first-order valence-electron chi connectivity index (χ1n) is 10.4. The fraction of sp³-hybridized carbons (Fsp3) is 0.292. The molecule has 0 aliphatic rings. The number of hydrogen-bond donors (Lipinski definition) is 1. The van der Waals surface area contributed by atoms with E-state index < -0.39 is 0 Å². The lowest BCUT2D eigenvalue weighted by molar-refractivity contribution is 0.0929. The minimum Gasteiger partial charge on any atom is -0.342 e. The standard InChI is InChI=1S/C24H26Cl2N4OS/c1-4-13-30-22(28-29-24(30)32-15-17-9-11-18(25)12-10-17)21(14-16(2)3)27-23(31)19-7-5-6-8-20(19)26/h4-12,16,21H,1,13-15H2,2-3H3,(H,27,31)/t21-/m1/s1. The number of thioether (sulfide) groups is 1. The third kappa shape index (κ3) is 6.37. The number of carbonyl (C=O) groups excluding carboxylic acids is 1. The zero-order valence-corrected chi connectivity index (χ0v) is 20.4. The van der Waals surface area contributed by atoms with Gasteiger partial charge in [0, 0.05) is 17.3 Å². The molecule has 0 bridgehead atoms. The molecule has 168 valence electrons. The molecule has 0 aliphatic carbocycles. The zero-order valence-electron chi connectivity index (χ0n) is 18.1. The maximum absolute atomic E-state index is 13.0. The van der Waals surface area contributed by atoms with Crippen molar-refractivity contribution in [1.82, 2.24) is 20.1 Å². The van der Waals surface area contributed by atoms with Gasteiger partial charge in [0.25, 0.3) is 5.91 Å². The molecule has 0 saturated heterocycles. The Morgan fingerprint density at radius 2 is 1.88 bits per heavy atom. The van der Waals surface area contributed by atoms with Crippen LogP contribution in [0.3, 0.4) is 0 Å². The Morgan fingerprint density at radius 3 is 2.53 bits per heavy atom. The van der Waals surface area contributed by atoms with Crippen molar-refractivity contribution in [3.63, 3.8) is 0 Å². The molecule has 0 spiro atoms. The molecule has 0 aliphatic heterocycles. The van der Waals surface area contributed by atoms with Gasteiger partial charge in [-0.05, 0) is 42.2 Å². The summed E-state index contributed by atoms with van der Waals surface area (Å²) < 4.78 is 2.01. The summed E-state index contributed by atoms with van der Waals surface area (Å²) in [4.78, 5) is 13.0. The molecule has 0 saturated carbocycles. The van der Waals surface area contributed by atoms with Crippen molar-refractivity contribution in [2.24, 2.45) is 5.92 Å². The van der Waals surface area contributed by atoms with Crippen molar-refractivity contribution in [3.8, 4) is 0 Å². The van der Waals surface area contributed by atoms with E-state index in [9.17, 15) is 4.79 Å². The summed E-state index contributed by atoms with van der Waals surface area (Å²) in [6.45, 7) is 8.64. The van der Waals surface area contributed by atoms with Gasteiger partial charge in [0.1, 0.15) is 0 Å². The van der Waals surface area contributed by atoms with E-state index in [2.05, 4.69) is 35.9 Å². The SMILES string of the molecule is C=CCn1c(SCc2ccc(Cl)cc2)nnc1[C@@H](CC(C)C)NC(=O)c1ccccc1Cl. The summed E-state index contributed by atoms with van der Waals surface area (Å²) in [6, 6.07) is 14.5. The smallest absolute Gasteiger partial charge is 0.253 e. The fourth-order valence-electron chi connectivity index (χ4n) is 3.28. The molecule has 8 heteroatoms. The van der Waals surface area contributed by atoms with Gasteiger partial charge in [-0.25, -0.2) is 0 Å². The lowest BCUT2D eigenvalue weighted by Gasteiger charge is -2.21. The summed E-state index contributed by atoms with van der Waals surface area (Å²) in [6.07, 6.45) is 2.52. The Bertz CT molecular complexity index is 1070. The van der Waals surface area contributed by atoms with E-state index in [1.165, 1.54) is 0 Å². The Balaban J connectivity index is 1.85. The number of benzene rings is 2. The van der Waals surface area contributed by atoms with E-state index in [1.54, 1.807) is 36.0 Å². The number of allylic oxidation sites excluding steroid dienone is 1. The number of hydrogen-bond acceptors (Lipinski definition) is 4. The molecule has 1 heterocycles. The second-order valence-electron chi connectivity index (χ2n) is 7.79. The average molecular weight is 489 g/mol. The van der Waals surface area contributed by atoms with Crippen LogP contribution >= 0.6 is 35.0 Å². The first-order chi connectivity index (χ1) is 15.4. The maximum atomic E-state index is 13.0. The van der Waals surface area contributed by atoms with E-state index in [4.69, 9.17) is 23.2 Å². The third-order valence-electron chi connectivity index (χ3n) is 4.78. The van der Waals surface area contributed by atoms with Gasteiger partial charge in [0.2, 0.25) is 0 Å². The Hall–Kier alpha value is -2.28. The van der Waals surface area contributed by atoms with Crippen molar-refractivity contribution in [2.45, 2.75) is 43.8 Å². The van der Waals surface area contributed by atoms with Crippen molar-refractivity contribution in [1.29, 1.82) is 0 Å². The highest BCUT2D eigenvalue weighted by molar-refractivity contribution is 7.98. The van der Waals surface area contributed by atoms with Gasteiger partial charge >= 0.3 is 0 Å². The summed E-state index contributed by atoms with van der Waals surface area (Å²) in [5.74, 6) is 1.54. The van der Waals surface area contributed by atoms with Crippen LogP contribution in [0.25, 0.3) is 0 Å². The Kier molecular flexibility index (Phi) is 8.79. The number of carbonyl (C=O) groups is 1. The van der Waals surface area contributed by atoms with E-state index in [-0.39, 0.29) is 11.9 Å². The molecule has 0 fully saturated rings. The lowest BCUT2D eigenvalue weighted by Crippen LogP contribution is -2.31. The van der Waals surface area contributed by atoms with Crippen molar-refractivity contribution < 1.29 is 4.79 Å². The number of nitrogens with zero attached hydrogens (tertiary/aromatic N) is 3. The molecule has 1 atom stereocenters. The van der Waals surface area contributed by atoms with Crippen LogP contribution < -0.4 is 5.32 Å². The number of halogens is 2. The highest BCUT2D eigenvalue weighted by Crippen LogP contribution is 2.28. The van der Waals surface area contributed by atoms with Gasteiger partial charge in [-0.3, -0.25) is 4.79 Å². The minimum atomic E-state index is -0.309. The quantitative estimate of drug-likeness (QED) is 0.258. The summed E-state index contributed by atoms with van der Waals surface area (Å²) in [7, 11) is 0. The second kappa shape index (κ2) is 11.5. The third-order valence-corrected chi connectivity index (χ3v) is 6.40. The molecular formula is C24H26Cl2N4OS. The van der Waals surface area contributed by atoms with Crippen LogP contribution in [0.2, 0.25) is 10.0 Å². The van der Waals surface area contributed by atoms with Gasteiger partial charge in [-0.15, -0.1) is 16.8 Å². The zero-order chi connectivity index (χ0) is 23.1. The van der Waals surface area contributed by atoms with Crippen molar-refractivity contribution >= 4 is 40.9 Å². The molecule has 3 aromatic rings. The van der Waals surface area contributed by atoms with E-state index in [1.807, 2.05) is 34.9 Å². The van der Waals surface area contributed by atoms with Crippen LogP contribution in [0.1, 0.15) is 48.1 Å². The number of aromatic nitrogens is 3. The van der Waals surface area contributed by atoms with Crippen LogP contribution in [0.15, 0.2) is 66.3 Å². The molecule has 1 amide bonds. The van der Waals surface area contributed by atoms with Crippen LogP contribution in [0.4, 0.5) is 0 Å². The molecule has 32 heavy (non-hydrogen) atoms. The normalized spacial score (nSPS) is 12.0. The average Bonchev–Trinajstić information content (AvgIpc) is 3.15. The molecule has 2 aromatic carbocycles. The number of amides is 1. The molecular weight excluding hydrogens is 463 g/mol. The summed E-state index contributed by atoms with van der Waals surface area (Å²) in [5.41, 5.74) is 1.58. The monoisotopic (exact) mass is 488 g/mol. The first kappa shape index (κ1) is 24.4.